The third kappa shape index (κ3) is 4.07. The topological polar surface area (TPSA) is 120 Å². The third-order valence-corrected chi connectivity index (χ3v) is 3.11. The smallest absolute Gasteiger partial charge is 0.225 e. The fourth-order valence-electron chi connectivity index (χ4n) is 2.00. The SMILES string of the molecule is CCCNc1nc(NC)c2nc(NCC(C)O)nc(NC)c2n1. The van der Waals surface area contributed by atoms with E-state index in [1.165, 1.54) is 0 Å². The molecule has 9 nitrogen and oxygen atoms in total. The normalized spacial score (nSPS) is 12.0. The molecule has 2 aromatic heterocycles. The summed E-state index contributed by atoms with van der Waals surface area (Å²) in [6, 6.07) is 0. The first kappa shape index (κ1) is 16.9. The van der Waals surface area contributed by atoms with Crippen LogP contribution in [0.4, 0.5) is 23.5 Å². The Morgan fingerprint density at radius 3 is 1.87 bits per heavy atom. The molecule has 0 amide bonds. The van der Waals surface area contributed by atoms with E-state index in [0.717, 1.165) is 13.0 Å². The van der Waals surface area contributed by atoms with Crippen molar-refractivity contribution in [3.8, 4) is 0 Å². The van der Waals surface area contributed by atoms with E-state index in [2.05, 4.69) is 48.1 Å². The summed E-state index contributed by atoms with van der Waals surface area (Å²) in [5.41, 5.74) is 1.25. The number of nitrogens with zero attached hydrogens (tertiary/aromatic N) is 4. The van der Waals surface area contributed by atoms with Crippen LogP contribution in [0.5, 0.6) is 0 Å². The van der Waals surface area contributed by atoms with Crippen LogP contribution in [0.25, 0.3) is 11.0 Å². The van der Waals surface area contributed by atoms with Gasteiger partial charge in [0.2, 0.25) is 11.9 Å². The van der Waals surface area contributed by atoms with Gasteiger partial charge >= 0.3 is 0 Å². The summed E-state index contributed by atoms with van der Waals surface area (Å²) >= 11 is 0. The molecule has 0 bridgehead atoms. The van der Waals surface area contributed by atoms with Crippen molar-refractivity contribution in [3.63, 3.8) is 0 Å². The fraction of sp³-hybridized carbons (Fsp3) is 0.571. The second-order valence-electron chi connectivity index (χ2n) is 5.15. The first-order valence-corrected chi connectivity index (χ1v) is 7.70. The molecule has 0 saturated heterocycles. The van der Waals surface area contributed by atoms with Gasteiger partial charge in [0.05, 0.1) is 6.10 Å². The van der Waals surface area contributed by atoms with Crippen molar-refractivity contribution in [2.45, 2.75) is 26.4 Å². The van der Waals surface area contributed by atoms with E-state index in [9.17, 15) is 5.11 Å². The van der Waals surface area contributed by atoms with Gasteiger partial charge in [-0.25, -0.2) is 9.97 Å². The lowest BCUT2D eigenvalue weighted by atomic mass is 10.3. The fourth-order valence-corrected chi connectivity index (χ4v) is 2.00. The Balaban J connectivity index is 2.49. The van der Waals surface area contributed by atoms with Crippen LogP contribution in [0.1, 0.15) is 20.3 Å². The maximum absolute atomic E-state index is 9.39. The molecule has 1 atom stereocenters. The van der Waals surface area contributed by atoms with E-state index < -0.39 is 6.10 Å². The lowest BCUT2D eigenvalue weighted by molar-refractivity contribution is 0.208. The maximum atomic E-state index is 9.39. The lowest BCUT2D eigenvalue weighted by Gasteiger charge is -2.13. The van der Waals surface area contributed by atoms with Gasteiger partial charge < -0.3 is 26.4 Å². The van der Waals surface area contributed by atoms with Crippen LogP contribution in [0, 0.1) is 0 Å². The maximum Gasteiger partial charge on any atom is 0.225 e. The number of nitrogens with one attached hydrogen (secondary N) is 4. The zero-order chi connectivity index (χ0) is 16.8. The molecule has 0 fully saturated rings. The summed E-state index contributed by atoms with van der Waals surface area (Å²) in [7, 11) is 3.57. The van der Waals surface area contributed by atoms with Gasteiger partial charge in [-0.3, -0.25) is 0 Å². The van der Waals surface area contributed by atoms with Crippen molar-refractivity contribution in [3.05, 3.63) is 0 Å². The molecule has 9 heteroatoms. The minimum Gasteiger partial charge on any atom is -0.392 e. The van der Waals surface area contributed by atoms with Crippen LogP contribution < -0.4 is 21.3 Å². The van der Waals surface area contributed by atoms with Crippen molar-refractivity contribution >= 4 is 34.6 Å². The van der Waals surface area contributed by atoms with Gasteiger partial charge in [0, 0.05) is 27.2 Å². The summed E-state index contributed by atoms with van der Waals surface area (Å²) in [5, 5.41) is 21.6. The third-order valence-electron chi connectivity index (χ3n) is 3.11. The highest BCUT2D eigenvalue weighted by Crippen LogP contribution is 2.26. The highest BCUT2D eigenvalue weighted by Gasteiger charge is 2.14. The number of aliphatic hydroxyl groups excluding tert-OH is 1. The zero-order valence-electron chi connectivity index (χ0n) is 13.9. The van der Waals surface area contributed by atoms with Gasteiger partial charge in [-0.05, 0) is 13.3 Å². The van der Waals surface area contributed by atoms with E-state index in [4.69, 9.17) is 0 Å². The molecular formula is C14H24N8O. The summed E-state index contributed by atoms with van der Waals surface area (Å²) in [5.74, 6) is 2.17. The van der Waals surface area contributed by atoms with Crippen molar-refractivity contribution in [2.75, 3.05) is 48.5 Å². The molecule has 0 aliphatic heterocycles. The Morgan fingerprint density at radius 1 is 0.913 bits per heavy atom. The number of aliphatic hydroxyl groups is 1. The van der Waals surface area contributed by atoms with Crippen LogP contribution in [-0.4, -0.2) is 58.3 Å². The van der Waals surface area contributed by atoms with E-state index in [-0.39, 0.29) is 0 Å². The number of aromatic nitrogens is 4. The minimum atomic E-state index is -0.493. The number of fused-ring (bicyclic) bond motifs is 1. The molecule has 0 aliphatic carbocycles. The molecule has 23 heavy (non-hydrogen) atoms. The van der Waals surface area contributed by atoms with Crippen LogP contribution >= 0.6 is 0 Å². The van der Waals surface area contributed by atoms with E-state index in [1.54, 1.807) is 21.0 Å². The molecule has 2 rings (SSSR count). The molecule has 0 spiro atoms. The van der Waals surface area contributed by atoms with Gasteiger partial charge in [-0.1, -0.05) is 6.92 Å². The monoisotopic (exact) mass is 320 g/mol. The molecule has 0 aromatic carbocycles. The van der Waals surface area contributed by atoms with Crippen molar-refractivity contribution in [1.29, 1.82) is 0 Å². The Morgan fingerprint density at radius 2 is 1.43 bits per heavy atom. The standard InChI is InChI=1S/C14H24N8O/c1-5-6-17-13-19-9-10(11(15-3)21-13)20-14(18-7-8(2)23)22-12(9)16-4/h8,23H,5-7H2,1-4H3,(H2,15,17,19,21)(H2,16,18,20,22). The molecule has 5 N–H and O–H groups in total. The molecule has 0 aliphatic rings. The lowest BCUT2D eigenvalue weighted by Crippen LogP contribution is -2.18. The first-order chi connectivity index (χ1) is 11.1. The van der Waals surface area contributed by atoms with Crippen molar-refractivity contribution < 1.29 is 5.11 Å². The summed E-state index contributed by atoms with van der Waals surface area (Å²) in [6.45, 7) is 4.93. The largest absolute Gasteiger partial charge is 0.392 e. The molecule has 126 valence electrons. The quantitative estimate of drug-likeness (QED) is 0.487. The summed E-state index contributed by atoms with van der Waals surface area (Å²) < 4.78 is 0. The van der Waals surface area contributed by atoms with Gasteiger partial charge in [0.1, 0.15) is 11.0 Å². The van der Waals surface area contributed by atoms with Crippen LogP contribution in [0.15, 0.2) is 0 Å². The molecule has 2 aromatic rings. The highest BCUT2D eigenvalue weighted by molar-refractivity contribution is 5.94. The predicted molar refractivity (Wildman–Crippen MR) is 93.2 cm³/mol. The van der Waals surface area contributed by atoms with Crippen molar-refractivity contribution in [1.82, 2.24) is 19.9 Å². The average molecular weight is 320 g/mol. The van der Waals surface area contributed by atoms with Gasteiger partial charge in [0.25, 0.3) is 0 Å². The number of hydrogen-bond acceptors (Lipinski definition) is 9. The molecule has 2 heterocycles. The number of rotatable bonds is 8. The average Bonchev–Trinajstić information content (AvgIpc) is 2.56. The Bertz CT molecular complexity index is 661. The molecule has 1 unspecified atom stereocenters. The van der Waals surface area contributed by atoms with E-state index in [0.29, 0.717) is 41.1 Å². The Labute approximate surface area is 135 Å². The predicted octanol–water partition coefficient (Wildman–Crippen LogP) is 1.12. The first-order valence-electron chi connectivity index (χ1n) is 7.70. The van der Waals surface area contributed by atoms with Gasteiger partial charge in [-0.2, -0.15) is 9.97 Å². The van der Waals surface area contributed by atoms with E-state index in [1.807, 2.05) is 0 Å². The summed E-state index contributed by atoms with van der Waals surface area (Å²) in [6.07, 6.45) is 0.487. The van der Waals surface area contributed by atoms with Crippen LogP contribution in [-0.2, 0) is 0 Å². The number of anilines is 4. The zero-order valence-corrected chi connectivity index (χ0v) is 13.9. The summed E-state index contributed by atoms with van der Waals surface area (Å²) in [4.78, 5) is 17.8. The Hall–Kier alpha value is -2.42. The minimum absolute atomic E-state index is 0.362. The number of hydrogen-bond donors (Lipinski definition) is 5. The molecule has 0 saturated carbocycles. The highest BCUT2D eigenvalue weighted by atomic mass is 16.3. The van der Waals surface area contributed by atoms with Crippen LogP contribution in [0.3, 0.4) is 0 Å². The van der Waals surface area contributed by atoms with Crippen molar-refractivity contribution in [2.24, 2.45) is 0 Å². The Kier molecular flexibility index (Phi) is 5.69. The molecule has 0 radical (unpaired) electrons. The van der Waals surface area contributed by atoms with Crippen LogP contribution in [0.2, 0.25) is 0 Å². The second-order valence-corrected chi connectivity index (χ2v) is 5.15. The van der Waals surface area contributed by atoms with Gasteiger partial charge in [0.15, 0.2) is 11.6 Å². The van der Waals surface area contributed by atoms with E-state index >= 15 is 0 Å². The molecular weight excluding hydrogens is 296 g/mol. The second kappa shape index (κ2) is 7.73. The van der Waals surface area contributed by atoms with Gasteiger partial charge in [-0.15, -0.1) is 0 Å².